The summed E-state index contributed by atoms with van der Waals surface area (Å²) in [5.74, 6) is -0.161. The van der Waals surface area contributed by atoms with Gasteiger partial charge in [-0.3, -0.25) is 9.69 Å². The Morgan fingerprint density at radius 3 is 1.14 bits per heavy atom. The van der Waals surface area contributed by atoms with E-state index in [9.17, 15) is 4.79 Å². The molecule has 1 aliphatic rings. The Balaban J connectivity index is 0.0000410. The number of halogens is 1. The van der Waals surface area contributed by atoms with Gasteiger partial charge in [-0.05, 0) is 38.5 Å². The minimum Gasteiger partial charge on any atom is -1.00 e. The zero-order chi connectivity index (χ0) is 46.0. The summed E-state index contributed by atoms with van der Waals surface area (Å²) < 4.78 is 62.0. The number of nitrogens with zero attached hydrogens (tertiary/aromatic N) is 2. The van der Waals surface area contributed by atoms with Gasteiger partial charge in [0.05, 0.1) is 159 Å². The number of esters is 1. The van der Waals surface area contributed by atoms with Gasteiger partial charge in [0.25, 0.3) is 0 Å². The summed E-state index contributed by atoms with van der Waals surface area (Å²) in [4.78, 5) is 14.5. The molecule has 1 aliphatic heterocycles. The van der Waals surface area contributed by atoms with Crippen LogP contribution >= 0.6 is 0 Å². The summed E-state index contributed by atoms with van der Waals surface area (Å²) >= 11 is 0. The summed E-state index contributed by atoms with van der Waals surface area (Å²) in [5, 5.41) is 0. The van der Waals surface area contributed by atoms with Crippen LogP contribution in [-0.2, 0) is 56.9 Å². The van der Waals surface area contributed by atoms with E-state index in [-0.39, 0.29) is 29.6 Å². The van der Waals surface area contributed by atoms with E-state index in [1.807, 2.05) is 0 Å². The quantitative estimate of drug-likeness (QED) is 0.0363. The van der Waals surface area contributed by atoms with Crippen LogP contribution in [0.4, 0.5) is 0 Å². The fourth-order valence-corrected chi connectivity index (χ4v) is 7.05. The first kappa shape index (κ1) is 64.2. The molecule has 0 atom stereocenters. The molecule has 1 fully saturated rings. The van der Waals surface area contributed by atoms with Crippen LogP contribution in [0.25, 0.3) is 0 Å². The highest BCUT2D eigenvalue weighted by molar-refractivity contribution is 5.69. The zero-order valence-electron chi connectivity index (χ0n) is 41.9. The Bertz CT molecular complexity index is 981. The maximum atomic E-state index is 12.1. The molecule has 0 spiro atoms. The summed E-state index contributed by atoms with van der Waals surface area (Å²) in [6, 6.07) is 0. The van der Waals surface area contributed by atoms with Crippen LogP contribution in [0.3, 0.4) is 0 Å². The highest BCUT2D eigenvalue weighted by Gasteiger charge is 2.28. The average Bonchev–Trinajstić information content (AvgIpc) is 3.30. The van der Waals surface area contributed by atoms with Crippen molar-refractivity contribution in [1.82, 2.24) is 4.90 Å². The van der Waals surface area contributed by atoms with E-state index >= 15 is 0 Å². The Morgan fingerprint density at radius 1 is 0.431 bits per heavy atom. The molecule has 0 N–H and O–H groups in total. The molecule has 1 heterocycles. The van der Waals surface area contributed by atoms with Crippen LogP contribution in [0.1, 0.15) is 123 Å². The number of carbonyl (C=O) groups is 1. The summed E-state index contributed by atoms with van der Waals surface area (Å²) in [7, 11) is 2.35. The molecular formula is C50H99BrN2O12. The molecule has 0 radical (unpaired) electrons. The molecule has 0 saturated carbocycles. The third-order valence-corrected chi connectivity index (χ3v) is 11.2. The van der Waals surface area contributed by atoms with Crippen molar-refractivity contribution in [2.45, 2.75) is 123 Å². The van der Waals surface area contributed by atoms with Gasteiger partial charge in [0.2, 0.25) is 0 Å². The molecule has 0 aromatic rings. The molecule has 65 heavy (non-hydrogen) atoms. The number of unbranched alkanes of at least 4 members (excludes halogenated alkanes) is 13. The Morgan fingerprint density at radius 2 is 0.754 bits per heavy atom. The first-order valence-electron chi connectivity index (χ1n) is 25.7. The van der Waals surface area contributed by atoms with Crippen molar-refractivity contribution in [1.29, 1.82) is 0 Å². The van der Waals surface area contributed by atoms with E-state index in [1.165, 1.54) is 103 Å². The Labute approximate surface area is 408 Å². The minimum absolute atomic E-state index is 0. The van der Waals surface area contributed by atoms with Crippen LogP contribution in [0.5, 0.6) is 0 Å². The highest BCUT2D eigenvalue weighted by Crippen LogP contribution is 2.13. The first-order valence-corrected chi connectivity index (χ1v) is 25.7. The van der Waals surface area contributed by atoms with Crippen molar-refractivity contribution in [2.24, 2.45) is 0 Å². The second-order valence-corrected chi connectivity index (χ2v) is 17.0. The zero-order valence-corrected chi connectivity index (χ0v) is 43.5. The van der Waals surface area contributed by atoms with E-state index in [0.717, 1.165) is 50.2 Å². The van der Waals surface area contributed by atoms with Crippen molar-refractivity contribution in [3.8, 4) is 0 Å². The number of hydrogen-bond acceptors (Lipinski definition) is 13. The van der Waals surface area contributed by atoms with Gasteiger partial charge in [0.15, 0.2) is 0 Å². The lowest BCUT2D eigenvalue weighted by molar-refractivity contribution is -0.913. The smallest absolute Gasteiger partial charge is 0.307 e. The number of quaternary nitrogens is 1. The van der Waals surface area contributed by atoms with Gasteiger partial charge >= 0.3 is 5.97 Å². The molecule has 0 aromatic heterocycles. The van der Waals surface area contributed by atoms with Crippen LogP contribution in [0.2, 0.25) is 0 Å². The third-order valence-electron chi connectivity index (χ3n) is 11.2. The molecular weight excluding hydrogens is 900 g/mol. The predicted octanol–water partition coefficient (Wildman–Crippen LogP) is 4.69. The molecule has 0 unspecified atom stereocenters. The van der Waals surface area contributed by atoms with Gasteiger partial charge in [0.1, 0.15) is 6.61 Å². The second-order valence-electron chi connectivity index (χ2n) is 17.0. The number of carbonyl (C=O) groups excluding carboxylic acids is 1. The van der Waals surface area contributed by atoms with E-state index in [0.29, 0.717) is 132 Å². The van der Waals surface area contributed by atoms with E-state index in [1.54, 1.807) is 0 Å². The molecule has 0 bridgehead atoms. The third kappa shape index (κ3) is 48.0. The maximum absolute atomic E-state index is 12.1. The summed E-state index contributed by atoms with van der Waals surface area (Å²) in [5.41, 5.74) is 0. The van der Waals surface area contributed by atoms with Gasteiger partial charge in [-0.2, -0.15) is 0 Å². The molecule has 1 saturated heterocycles. The molecule has 0 amide bonds. The van der Waals surface area contributed by atoms with E-state index in [4.69, 9.17) is 52.1 Å². The van der Waals surface area contributed by atoms with Crippen molar-refractivity contribution < 1.29 is 78.4 Å². The molecule has 15 heteroatoms. The predicted molar refractivity (Wildman–Crippen MR) is 255 cm³/mol. The maximum Gasteiger partial charge on any atom is 0.307 e. The molecule has 0 aromatic carbocycles. The fourth-order valence-electron chi connectivity index (χ4n) is 7.05. The molecule has 1 rings (SSSR count). The lowest BCUT2D eigenvalue weighted by Gasteiger charge is -2.42. The van der Waals surface area contributed by atoms with Gasteiger partial charge in [-0.1, -0.05) is 90.2 Å². The van der Waals surface area contributed by atoms with Crippen molar-refractivity contribution in [3.63, 3.8) is 0 Å². The van der Waals surface area contributed by atoms with Gasteiger partial charge in [-0.15, -0.1) is 0 Å². The Hall–Kier alpha value is -0.790. The van der Waals surface area contributed by atoms with Crippen LogP contribution in [0, 0.1) is 0 Å². The average molecular weight is 1000 g/mol. The van der Waals surface area contributed by atoms with Crippen molar-refractivity contribution >= 4 is 5.97 Å². The monoisotopic (exact) mass is 999 g/mol. The number of allylic oxidation sites excluding steroid dienone is 2. The lowest BCUT2D eigenvalue weighted by atomic mass is 10.1. The van der Waals surface area contributed by atoms with Crippen LogP contribution in [-0.4, -0.2) is 200 Å². The lowest BCUT2D eigenvalue weighted by Crippen LogP contribution is -3.00. The van der Waals surface area contributed by atoms with E-state index in [2.05, 4.69) is 37.9 Å². The summed E-state index contributed by atoms with van der Waals surface area (Å²) in [6.07, 6.45) is 26.2. The van der Waals surface area contributed by atoms with Gasteiger partial charge in [-0.25, -0.2) is 0 Å². The van der Waals surface area contributed by atoms with Gasteiger partial charge in [0, 0.05) is 26.2 Å². The standard InChI is InChI=1S/C50H99N2O12.BrH/c1-4-6-8-9-10-11-12-13-14-15-16-17-18-19-20-21-29-54-30-31-55-32-33-56-34-35-57-36-37-58-38-39-59-40-41-60-42-43-61-44-45-62-46-47-63-48-49-64-50(53)22-23-51-24-27-52(3,28-25-51)26-7-5-2;/h13-14H,4-12,15-49H2,1-3H3;1H/q+1;/p-1. The second kappa shape index (κ2) is 52.6. The fraction of sp³-hybridized carbons (Fsp3) is 0.940. The number of ether oxygens (including phenoxy) is 11. The number of hydrogen-bond donors (Lipinski definition) is 0. The first-order chi connectivity index (χ1) is 31.6. The molecule has 388 valence electrons. The van der Waals surface area contributed by atoms with Crippen molar-refractivity contribution in [3.05, 3.63) is 12.2 Å². The summed E-state index contributed by atoms with van der Waals surface area (Å²) in [6.45, 7) is 21.8. The van der Waals surface area contributed by atoms with E-state index < -0.39 is 0 Å². The SMILES string of the molecule is CCCCCCCCC=CCCCCCCCCOCCOCCOCCOCCOCCOCCOCCOCCOCCOCCOC(=O)CCN1CC[N+](C)(CCCC)CC1.[Br-]. The minimum atomic E-state index is -0.161. The number of likely N-dealkylation sites (N-methyl/N-ethyl adjacent to an activating group) is 1. The number of rotatable bonds is 52. The van der Waals surface area contributed by atoms with Crippen molar-refractivity contribution in [2.75, 3.05) is 185 Å². The Kier molecular flexibility index (Phi) is 51.9. The van der Waals surface area contributed by atoms with Crippen LogP contribution < -0.4 is 17.0 Å². The molecule has 0 aliphatic carbocycles. The highest BCUT2D eigenvalue weighted by atomic mass is 79.9. The number of piperazine rings is 1. The van der Waals surface area contributed by atoms with Gasteiger partial charge < -0.3 is 73.6 Å². The topological polar surface area (TPSA) is 122 Å². The van der Waals surface area contributed by atoms with Crippen LogP contribution in [0.15, 0.2) is 12.2 Å². The normalized spacial score (nSPS) is 14.1. The largest absolute Gasteiger partial charge is 1.00 e. The molecule has 14 nitrogen and oxygen atoms in total.